The van der Waals surface area contributed by atoms with E-state index in [1.54, 1.807) is 6.08 Å². The quantitative estimate of drug-likeness (QED) is 0.0261. The van der Waals surface area contributed by atoms with Crippen LogP contribution in [-0.4, -0.2) is 87.5 Å². The van der Waals surface area contributed by atoms with Crippen molar-refractivity contribution >= 4 is 5.91 Å². The molecule has 1 amide bonds. The van der Waals surface area contributed by atoms with E-state index in [9.17, 15) is 30.3 Å². The van der Waals surface area contributed by atoms with Gasteiger partial charge in [0.25, 0.3) is 0 Å². The van der Waals surface area contributed by atoms with E-state index in [4.69, 9.17) is 9.47 Å². The molecule has 1 rings (SSSR count). The normalized spacial score (nSPS) is 19.2. The van der Waals surface area contributed by atoms with Crippen molar-refractivity contribution in [3.05, 3.63) is 24.3 Å². The summed E-state index contributed by atoms with van der Waals surface area (Å²) in [6.07, 6.45) is 61.9. The molecule has 1 heterocycles. The first-order valence-electron chi connectivity index (χ1n) is 31.6. The molecule has 1 fully saturated rings. The molecule has 7 unspecified atom stereocenters. The first-order valence-corrected chi connectivity index (χ1v) is 31.6. The summed E-state index contributed by atoms with van der Waals surface area (Å²) in [7, 11) is 0. The second-order valence-electron chi connectivity index (χ2n) is 22.2. The van der Waals surface area contributed by atoms with Gasteiger partial charge in [-0.15, -0.1) is 0 Å². The Balaban J connectivity index is 1.94. The van der Waals surface area contributed by atoms with Gasteiger partial charge >= 0.3 is 0 Å². The first kappa shape index (κ1) is 68.7. The lowest BCUT2D eigenvalue weighted by Crippen LogP contribution is -2.60. The molecule has 0 aromatic rings. The van der Waals surface area contributed by atoms with Crippen LogP contribution in [0.2, 0.25) is 0 Å². The summed E-state index contributed by atoms with van der Waals surface area (Å²) in [5.74, 6) is -0.174. The van der Waals surface area contributed by atoms with Gasteiger partial charge in [0.2, 0.25) is 5.91 Å². The summed E-state index contributed by atoms with van der Waals surface area (Å²) in [5.41, 5.74) is 0. The maximum Gasteiger partial charge on any atom is 0.220 e. The van der Waals surface area contributed by atoms with Crippen LogP contribution < -0.4 is 5.32 Å². The van der Waals surface area contributed by atoms with E-state index in [-0.39, 0.29) is 12.5 Å². The van der Waals surface area contributed by atoms with Gasteiger partial charge in [0.05, 0.1) is 25.4 Å². The third-order valence-corrected chi connectivity index (χ3v) is 15.3. The molecular formula is C63H121NO8. The molecule has 426 valence electrons. The molecule has 0 saturated carbocycles. The molecule has 0 radical (unpaired) electrons. The van der Waals surface area contributed by atoms with Crippen molar-refractivity contribution in [3.8, 4) is 0 Å². The van der Waals surface area contributed by atoms with Crippen molar-refractivity contribution in [2.45, 2.75) is 358 Å². The van der Waals surface area contributed by atoms with Gasteiger partial charge in [-0.2, -0.15) is 0 Å². The van der Waals surface area contributed by atoms with E-state index in [1.165, 1.54) is 257 Å². The molecule has 0 aliphatic carbocycles. The van der Waals surface area contributed by atoms with Crippen LogP contribution in [-0.2, 0) is 14.3 Å². The van der Waals surface area contributed by atoms with Crippen LogP contribution in [0.5, 0.6) is 0 Å². The summed E-state index contributed by atoms with van der Waals surface area (Å²) in [6, 6.07) is -0.799. The fourth-order valence-electron chi connectivity index (χ4n) is 10.3. The van der Waals surface area contributed by atoms with Crippen LogP contribution in [0.4, 0.5) is 0 Å². The van der Waals surface area contributed by atoms with Crippen molar-refractivity contribution in [1.82, 2.24) is 5.32 Å². The average molecular weight is 1020 g/mol. The topological polar surface area (TPSA) is 149 Å². The summed E-state index contributed by atoms with van der Waals surface area (Å²) < 4.78 is 11.2. The van der Waals surface area contributed by atoms with Crippen molar-refractivity contribution in [2.24, 2.45) is 0 Å². The zero-order chi connectivity index (χ0) is 52.2. The van der Waals surface area contributed by atoms with E-state index in [2.05, 4.69) is 31.3 Å². The number of rotatable bonds is 55. The zero-order valence-corrected chi connectivity index (χ0v) is 47.5. The van der Waals surface area contributed by atoms with Crippen LogP contribution in [0.15, 0.2) is 24.3 Å². The highest BCUT2D eigenvalue weighted by Crippen LogP contribution is 2.23. The Bertz CT molecular complexity index is 1180. The minimum absolute atomic E-state index is 0.174. The molecule has 1 aliphatic heterocycles. The Morgan fingerprint density at radius 2 is 0.778 bits per heavy atom. The number of hydrogen-bond acceptors (Lipinski definition) is 8. The Hall–Kier alpha value is -1.33. The van der Waals surface area contributed by atoms with Gasteiger partial charge in [-0.3, -0.25) is 4.79 Å². The SMILES string of the molecule is CCCCCCCC/C=C/C(O)C(COC1OC(CO)C(O)C(O)C1O)NC(=O)CCCCCCCCCCCCCCCCCCCCCCCCCCCCCCC/C=C\CCCCCCCCCC. The molecule has 0 spiro atoms. The predicted octanol–water partition coefficient (Wildman–Crippen LogP) is 16.1. The number of hydrogen-bond donors (Lipinski definition) is 6. The van der Waals surface area contributed by atoms with E-state index < -0.39 is 49.5 Å². The number of amides is 1. The molecule has 6 N–H and O–H groups in total. The second-order valence-corrected chi connectivity index (χ2v) is 22.2. The average Bonchev–Trinajstić information content (AvgIpc) is 3.38. The van der Waals surface area contributed by atoms with E-state index in [1.807, 2.05) is 6.08 Å². The van der Waals surface area contributed by atoms with E-state index in [0.717, 1.165) is 38.5 Å². The molecule has 9 nitrogen and oxygen atoms in total. The number of nitrogens with one attached hydrogen (secondary N) is 1. The molecule has 1 saturated heterocycles. The lowest BCUT2D eigenvalue weighted by Gasteiger charge is -2.40. The number of allylic oxidation sites excluding steroid dienone is 3. The van der Waals surface area contributed by atoms with E-state index in [0.29, 0.717) is 6.42 Å². The summed E-state index contributed by atoms with van der Waals surface area (Å²) in [4.78, 5) is 13.0. The Labute approximate surface area is 445 Å². The van der Waals surface area contributed by atoms with Crippen molar-refractivity contribution < 1.29 is 39.8 Å². The monoisotopic (exact) mass is 1020 g/mol. The standard InChI is InChI=1S/C63H121NO8/c1-3-5-7-9-11-13-14-15-16-17-18-19-20-21-22-23-24-25-26-27-28-29-30-31-32-33-34-35-36-37-38-39-40-41-42-43-44-45-47-49-51-53-59(67)64-56(57(66)52-50-48-46-12-10-8-6-4-2)55-71-63-62(70)61(69)60(68)58(54-65)72-63/h17-18,50,52,56-58,60-63,65-66,68-70H,3-16,19-49,51,53-55H2,1-2H3,(H,64,67)/b18-17-,52-50+. The van der Waals surface area contributed by atoms with Gasteiger partial charge in [0, 0.05) is 6.42 Å². The Morgan fingerprint density at radius 3 is 1.12 bits per heavy atom. The number of unbranched alkanes of at least 4 members (excludes halogenated alkanes) is 43. The molecular weight excluding hydrogens is 899 g/mol. The summed E-state index contributed by atoms with van der Waals surface area (Å²) >= 11 is 0. The molecule has 0 aromatic carbocycles. The summed E-state index contributed by atoms with van der Waals surface area (Å²) in [6.45, 7) is 3.75. The lowest BCUT2D eigenvalue weighted by molar-refractivity contribution is -0.302. The van der Waals surface area contributed by atoms with E-state index >= 15 is 0 Å². The maximum absolute atomic E-state index is 13.0. The maximum atomic E-state index is 13.0. The van der Waals surface area contributed by atoms with Crippen molar-refractivity contribution in [2.75, 3.05) is 13.2 Å². The molecule has 0 bridgehead atoms. The van der Waals surface area contributed by atoms with Gasteiger partial charge in [0.15, 0.2) is 6.29 Å². The van der Waals surface area contributed by atoms with Crippen LogP contribution >= 0.6 is 0 Å². The van der Waals surface area contributed by atoms with Gasteiger partial charge < -0.3 is 40.3 Å². The Morgan fingerprint density at radius 1 is 0.458 bits per heavy atom. The van der Waals surface area contributed by atoms with Gasteiger partial charge in [-0.1, -0.05) is 289 Å². The van der Waals surface area contributed by atoms with Crippen LogP contribution in [0.1, 0.15) is 316 Å². The lowest BCUT2D eigenvalue weighted by atomic mass is 9.99. The number of aliphatic hydroxyl groups is 5. The molecule has 72 heavy (non-hydrogen) atoms. The van der Waals surface area contributed by atoms with Crippen LogP contribution in [0, 0.1) is 0 Å². The fraction of sp³-hybridized carbons (Fsp3) is 0.921. The first-order chi connectivity index (χ1) is 35.3. The van der Waals surface area contributed by atoms with Crippen molar-refractivity contribution in [1.29, 1.82) is 0 Å². The highest BCUT2D eigenvalue weighted by molar-refractivity contribution is 5.76. The summed E-state index contributed by atoms with van der Waals surface area (Å²) in [5, 5.41) is 54.2. The van der Waals surface area contributed by atoms with Crippen LogP contribution in [0.25, 0.3) is 0 Å². The smallest absolute Gasteiger partial charge is 0.220 e. The Kier molecular flexibility index (Phi) is 50.6. The van der Waals surface area contributed by atoms with Gasteiger partial charge in [-0.05, 0) is 44.9 Å². The molecule has 0 aromatic heterocycles. The minimum Gasteiger partial charge on any atom is -0.394 e. The zero-order valence-electron chi connectivity index (χ0n) is 47.5. The molecule has 9 heteroatoms. The fourth-order valence-corrected chi connectivity index (χ4v) is 10.3. The van der Waals surface area contributed by atoms with Gasteiger partial charge in [-0.25, -0.2) is 0 Å². The highest BCUT2D eigenvalue weighted by Gasteiger charge is 2.44. The highest BCUT2D eigenvalue weighted by atomic mass is 16.7. The minimum atomic E-state index is -1.56. The van der Waals surface area contributed by atoms with Gasteiger partial charge in [0.1, 0.15) is 24.4 Å². The second kappa shape index (κ2) is 53.1. The number of aliphatic hydroxyl groups excluding tert-OH is 5. The largest absolute Gasteiger partial charge is 0.394 e. The number of ether oxygens (including phenoxy) is 2. The van der Waals surface area contributed by atoms with Crippen molar-refractivity contribution in [3.63, 3.8) is 0 Å². The number of carbonyl (C=O) groups excluding carboxylic acids is 1. The third-order valence-electron chi connectivity index (χ3n) is 15.3. The molecule has 7 atom stereocenters. The van der Waals surface area contributed by atoms with Crippen LogP contribution in [0.3, 0.4) is 0 Å². The third kappa shape index (κ3) is 41.9. The predicted molar refractivity (Wildman–Crippen MR) is 304 cm³/mol. The molecule has 1 aliphatic rings. The number of carbonyl (C=O) groups is 1.